The minimum absolute atomic E-state index is 0.283. The molecule has 0 aromatic carbocycles. The SMILES string of the molecule is CCNC(C)c1ccc(OCCc2cccs2)cn1. The van der Waals surface area contributed by atoms with Crippen LogP contribution in [0.25, 0.3) is 0 Å². The fraction of sp³-hybridized carbons (Fsp3) is 0.400. The van der Waals surface area contributed by atoms with Crippen molar-refractivity contribution in [2.75, 3.05) is 13.2 Å². The van der Waals surface area contributed by atoms with Gasteiger partial charge >= 0.3 is 0 Å². The number of pyridine rings is 1. The van der Waals surface area contributed by atoms with Crippen molar-refractivity contribution in [3.05, 3.63) is 46.4 Å². The summed E-state index contributed by atoms with van der Waals surface area (Å²) in [6.45, 7) is 5.86. The summed E-state index contributed by atoms with van der Waals surface area (Å²) in [6, 6.07) is 8.50. The van der Waals surface area contributed by atoms with E-state index >= 15 is 0 Å². The molecule has 0 spiro atoms. The third-order valence-corrected chi connectivity index (χ3v) is 3.85. The highest BCUT2D eigenvalue weighted by Gasteiger charge is 2.05. The first-order chi connectivity index (χ1) is 9.29. The number of rotatable bonds is 7. The summed E-state index contributed by atoms with van der Waals surface area (Å²) in [7, 11) is 0. The van der Waals surface area contributed by atoms with Crippen LogP contribution in [0.1, 0.15) is 30.5 Å². The standard InChI is InChI=1S/C15H20N2OS/c1-3-16-12(2)15-7-6-13(11-17-15)18-9-8-14-5-4-10-19-14/h4-7,10-12,16H,3,8-9H2,1-2H3. The molecule has 2 aromatic heterocycles. The quantitative estimate of drug-likeness (QED) is 0.841. The average molecular weight is 276 g/mol. The molecule has 0 aliphatic carbocycles. The molecule has 0 bridgehead atoms. The van der Waals surface area contributed by atoms with Gasteiger partial charge < -0.3 is 10.1 Å². The Kier molecular flexibility index (Phi) is 5.36. The Bertz CT molecular complexity index is 467. The van der Waals surface area contributed by atoms with Crippen LogP contribution >= 0.6 is 11.3 Å². The van der Waals surface area contributed by atoms with E-state index in [2.05, 4.69) is 41.7 Å². The number of aromatic nitrogens is 1. The minimum Gasteiger partial charge on any atom is -0.492 e. The molecule has 1 N–H and O–H groups in total. The highest BCUT2D eigenvalue weighted by atomic mass is 32.1. The third kappa shape index (κ3) is 4.33. The molecule has 2 heterocycles. The highest BCUT2D eigenvalue weighted by Crippen LogP contribution is 2.15. The maximum atomic E-state index is 5.70. The molecule has 102 valence electrons. The van der Waals surface area contributed by atoms with Crippen molar-refractivity contribution in [2.45, 2.75) is 26.3 Å². The molecule has 1 atom stereocenters. The average Bonchev–Trinajstić information content (AvgIpc) is 2.93. The van der Waals surface area contributed by atoms with Crippen LogP contribution in [0.5, 0.6) is 5.75 Å². The number of hydrogen-bond donors (Lipinski definition) is 1. The molecule has 1 unspecified atom stereocenters. The summed E-state index contributed by atoms with van der Waals surface area (Å²) in [5.74, 6) is 0.837. The van der Waals surface area contributed by atoms with Crippen molar-refractivity contribution < 1.29 is 4.74 Å². The lowest BCUT2D eigenvalue weighted by atomic mass is 10.2. The summed E-state index contributed by atoms with van der Waals surface area (Å²) in [4.78, 5) is 5.78. The van der Waals surface area contributed by atoms with Crippen LogP contribution in [-0.2, 0) is 6.42 Å². The molecule has 0 aliphatic rings. The second-order valence-corrected chi connectivity index (χ2v) is 5.41. The second kappa shape index (κ2) is 7.26. The van der Waals surface area contributed by atoms with Crippen molar-refractivity contribution in [1.82, 2.24) is 10.3 Å². The summed E-state index contributed by atoms with van der Waals surface area (Å²) in [6.07, 6.45) is 2.75. The van der Waals surface area contributed by atoms with Gasteiger partial charge in [0.05, 0.1) is 18.5 Å². The molecular weight excluding hydrogens is 256 g/mol. The molecule has 0 aliphatic heterocycles. The van der Waals surface area contributed by atoms with Crippen molar-refractivity contribution in [1.29, 1.82) is 0 Å². The molecule has 4 heteroatoms. The van der Waals surface area contributed by atoms with Gasteiger partial charge in [-0.2, -0.15) is 0 Å². The summed E-state index contributed by atoms with van der Waals surface area (Å²) in [5.41, 5.74) is 1.05. The molecular formula is C15H20N2OS. The molecule has 0 radical (unpaired) electrons. The van der Waals surface area contributed by atoms with Gasteiger partial charge in [-0.25, -0.2) is 0 Å². The van der Waals surface area contributed by atoms with Crippen LogP contribution in [0, 0.1) is 0 Å². The molecule has 2 rings (SSSR count). The zero-order valence-electron chi connectivity index (χ0n) is 11.4. The van der Waals surface area contributed by atoms with Crippen LogP contribution in [0.4, 0.5) is 0 Å². The molecule has 0 fully saturated rings. The van der Waals surface area contributed by atoms with Crippen molar-refractivity contribution in [3.8, 4) is 5.75 Å². The van der Waals surface area contributed by atoms with Crippen molar-refractivity contribution in [2.24, 2.45) is 0 Å². The lowest BCUT2D eigenvalue weighted by Gasteiger charge is -2.12. The molecule has 2 aromatic rings. The predicted molar refractivity (Wildman–Crippen MR) is 79.8 cm³/mol. The number of nitrogens with one attached hydrogen (secondary N) is 1. The molecule has 0 amide bonds. The molecule has 0 saturated carbocycles. The third-order valence-electron chi connectivity index (χ3n) is 2.91. The first kappa shape index (κ1) is 14.0. The van der Waals surface area contributed by atoms with Gasteiger partial charge in [0.15, 0.2) is 0 Å². The minimum atomic E-state index is 0.283. The van der Waals surface area contributed by atoms with Gasteiger partial charge in [-0.05, 0) is 37.0 Å². The maximum absolute atomic E-state index is 5.70. The van der Waals surface area contributed by atoms with Gasteiger partial charge in [0.2, 0.25) is 0 Å². The smallest absolute Gasteiger partial charge is 0.137 e. The topological polar surface area (TPSA) is 34.1 Å². The zero-order valence-corrected chi connectivity index (χ0v) is 12.2. The monoisotopic (exact) mass is 276 g/mol. The highest BCUT2D eigenvalue weighted by molar-refractivity contribution is 7.09. The second-order valence-electron chi connectivity index (χ2n) is 4.38. The number of ether oxygens (including phenoxy) is 1. The van der Waals surface area contributed by atoms with E-state index in [1.54, 1.807) is 17.5 Å². The van der Waals surface area contributed by atoms with E-state index < -0.39 is 0 Å². The van der Waals surface area contributed by atoms with E-state index in [4.69, 9.17) is 4.74 Å². The van der Waals surface area contributed by atoms with Gasteiger partial charge in [0.25, 0.3) is 0 Å². The van der Waals surface area contributed by atoms with Gasteiger partial charge in [-0.15, -0.1) is 11.3 Å². The Labute approximate surface area is 118 Å². The zero-order chi connectivity index (χ0) is 13.5. The van der Waals surface area contributed by atoms with Crippen LogP contribution in [0.2, 0.25) is 0 Å². The Morgan fingerprint density at radius 3 is 2.89 bits per heavy atom. The number of thiophene rings is 1. The number of hydrogen-bond acceptors (Lipinski definition) is 4. The fourth-order valence-corrected chi connectivity index (χ4v) is 2.56. The van der Waals surface area contributed by atoms with E-state index in [0.29, 0.717) is 6.61 Å². The lowest BCUT2D eigenvalue weighted by molar-refractivity contribution is 0.321. The van der Waals surface area contributed by atoms with E-state index in [1.807, 2.05) is 12.1 Å². The van der Waals surface area contributed by atoms with E-state index in [0.717, 1.165) is 24.4 Å². The lowest BCUT2D eigenvalue weighted by Crippen LogP contribution is -2.18. The summed E-state index contributed by atoms with van der Waals surface area (Å²) < 4.78 is 5.70. The van der Waals surface area contributed by atoms with E-state index in [-0.39, 0.29) is 6.04 Å². The summed E-state index contributed by atoms with van der Waals surface area (Å²) >= 11 is 1.77. The Morgan fingerprint density at radius 1 is 1.37 bits per heavy atom. The summed E-state index contributed by atoms with van der Waals surface area (Å²) in [5, 5.41) is 5.43. The van der Waals surface area contributed by atoms with E-state index in [1.165, 1.54) is 4.88 Å². The Balaban J connectivity index is 1.81. The predicted octanol–water partition coefficient (Wildman–Crippen LogP) is 3.44. The van der Waals surface area contributed by atoms with Crippen molar-refractivity contribution >= 4 is 11.3 Å². The van der Waals surface area contributed by atoms with Crippen molar-refractivity contribution in [3.63, 3.8) is 0 Å². The first-order valence-corrected chi connectivity index (χ1v) is 7.52. The maximum Gasteiger partial charge on any atom is 0.137 e. The first-order valence-electron chi connectivity index (χ1n) is 6.64. The van der Waals surface area contributed by atoms with Gasteiger partial charge in [0, 0.05) is 17.3 Å². The van der Waals surface area contributed by atoms with Crippen LogP contribution in [0.3, 0.4) is 0 Å². The Hall–Kier alpha value is -1.39. The van der Waals surface area contributed by atoms with Gasteiger partial charge in [0.1, 0.15) is 5.75 Å². The molecule has 19 heavy (non-hydrogen) atoms. The van der Waals surface area contributed by atoms with Gasteiger partial charge in [-0.1, -0.05) is 13.0 Å². The molecule has 0 saturated heterocycles. The largest absolute Gasteiger partial charge is 0.492 e. The number of nitrogens with zero attached hydrogens (tertiary/aromatic N) is 1. The van der Waals surface area contributed by atoms with Crippen LogP contribution < -0.4 is 10.1 Å². The molecule has 3 nitrogen and oxygen atoms in total. The normalized spacial score (nSPS) is 12.3. The Morgan fingerprint density at radius 2 is 2.26 bits per heavy atom. The van der Waals surface area contributed by atoms with Crippen LogP contribution in [-0.4, -0.2) is 18.1 Å². The fourth-order valence-electron chi connectivity index (χ4n) is 1.87. The van der Waals surface area contributed by atoms with E-state index in [9.17, 15) is 0 Å². The van der Waals surface area contributed by atoms with Gasteiger partial charge in [-0.3, -0.25) is 4.98 Å². The van der Waals surface area contributed by atoms with Crippen LogP contribution in [0.15, 0.2) is 35.8 Å².